The van der Waals surface area contributed by atoms with Gasteiger partial charge in [-0.1, -0.05) is 78.9 Å². The molecule has 0 heterocycles. The summed E-state index contributed by atoms with van der Waals surface area (Å²) in [5.41, 5.74) is 3.87. The molecule has 0 aromatic heterocycles. The number of methoxy groups -OCH3 is 1. The highest BCUT2D eigenvalue weighted by Crippen LogP contribution is 2.29. The molecule has 0 amide bonds. The number of aliphatic hydroxyl groups is 2. The van der Waals surface area contributed by atoms with Crippen molar-refractivity contribution in [1.82, 2.24) is 4.90 Å². The number of hydrogen-bond donors (Lipinski definition) is 2. The molecular weight excluding hydrogens is 386 g/mol. The lowest BCUT2D eigenvalue weighted by molar-refractivity contribution is 0.185. The Labute approximate surface area is 186 Å². The molecule has 1 atom stereocenters. The summed E-state index contributed by atoms with van der Waals surface area (Å²) in [5.74, 6) is 1.34. The third-order valence-corrected chi connectivity index (χ3v) is 5.39. The summed E-state index contributed by atoms with van der Waals surface area (Å²) in [7, 11) is 2.74. The summed E-state index contributed by atoms with van der Waals surface area (Å²) in [6.07, 6.45) is 1.96. The summed E-state index contributed by atoms with van der Waals surface area (Å²) < 4.78 is 5.58. The number of para-hydroxylation sites is 1. The van der Waals surface area contributed by atoms with E-state index in [0.29, 0.717) is 12.5 Å². The van der Waals surface area contributed by atoms with E-state index in [9.17, 15) is 5.11 Å². The van der Waals surface area contributed by atoms with Crippen LogP contribution in [0.1, 0.15) is 29.0 Å². The maximum atomic E-state index is 9.54. The number of hydrogen-bond acceptors (Lipinski definition) is 4. The maximum absolute atomic E-state index is 9.54. The van der Waals surface area contributed by atoms with Crippen LogP contribution in [-0.2, 0) is 13.0 Å². The Bertz CT molecular complexity index is 839. The Morgan fingerprint density at radius 2 is 1.42 bits per heavy atom. The van der Waals surface area contributed by atoms with Gasteiger partial charge in [0.25, 0.3) is 0 Å². The van der Waals surface area contributed by atoms with Gasteiger partial charge >= 0.3 is 0 Å². The second-order valence-corrected chi connectivity index (χ2v) is 7.40. The van der Waals surface area contributed by atoms with Crippen LogP contribution in [0.15, 0.2) is 84.9 Å². The first-order valence-electron chi connectivity index (χ1n) is 10.8. The van der Waals surface area contributed by atoms with E-state index < -0.39 is 0 Å². The van der Waals surface area contributed by atoms with Crippen molar-refractivity contribution in [2.45, 2.75) is 25.3 Å². The summed E-state index contributed by atoms with van der Waals surface area (Å²) in [5, 5.41) is 16.5. The molecule has 4 heteroatoms. The van der Waals surface area contributed by atoms with E-state index in [4.69, 9.17) is 9.84 Å². The van der Waals surface area contributed by atoms with Crippen LogP contribution in [0.25, 0.3) is 0 Å². The molecule has 0 unspecified atom stereocenters. The molecular formula is C27H35NO3. The Morgan fingerprint density at radius 3 is 2.06 bits per heavy atom. The van der Waals surface area contributed by atoms with Crippen LogP contribution < -0.4 is 4.74 Å². The molecule has 2 N–H and O–H groups in total. The minimum Gasteiger partial charge on any atom is -0.496 e. The zero-order chi connectivity index (χ0) is 22.3. The molecule has 0 radical (unpaired) electrons. The maximum Gasteiger partial charge on any atom is 0.122 e. The average molecular weight is 422 g/mol. The van der Waals surface area contributed by atoms with Crippen LogP contribution in [0.3, 0.4) is 0 Å². The highest BCUT2D eigenvalue weighted by Gasteiger charge is 2.17. The van der Waals surface area contributed by atoms with Crippen LogP contribution in [0.5, 0.6) is 5.75 Å². The van der Waals surface area contributed by atoms with Gasteiger partial charge in [-0.25, -0.2) is 0 Å². The standard InChI is InChI=1S/C26H31NO2.CH4O/c1-29-26-15-9-8-14-25(26)20-24(23-12-6-3-7-13-23)16-17-27(18-19-28)21-22-10-4-2-5-11-22;1-2/h2-15,24,28H,16-21H2,1H3;2H,1H3/t24-;/m0./s1. The highest BCUT2D eigenvalue weighted by molar-refractivity contribution is 5.35. The molecule has 3 aromatic rings. The van der Waals surface area contributed by atoms with Crippen molar-refractivity contribution < 1.29 is 14.9 Å². The lowest BCUT2D eigenvalue weighted by atomic mass is 9.88. The Balaban J connectivity index is 0.00000166. The molecule has 0 aliphatic rings. The number of nitrogens with zero attached hydrogens (tertiary/aromatic N) is 1. The fraction of sp³-hybridized carbons (Fsp3) is 0.333. The second kappa shape index (κ2) is 14.4. The Hall–Kier alpha value is -2.66. The smallest absolute Gasteiger partial charge is 0.122 e. The topological polar surface area (TPSA) is 52.9 Å². The first-order chi connectivity index (χ1) is 15.3. The van der Waals surface area contributed by atoms with E-state index >= 15 is 0 Å². The molecule has 4 nitrogen and oxygen atoms in total. The summed E-state index contributed by atoms with van der Waals surface area (Å²) in [4.78, 5) is 2.34. The minimum atomic E-state index is 0.176. The van der Waals surface area contributed by atoms with E-state index in [-0.39, 0.29) is 6.61 Å². The van der Waals surface area contributed by atoms with E-state index in [1.807, 2.05) is 18.2 Å². The molecule has 0 bridgehead atoms. The van der Waals surface area contributed by atoms with Crippen molar-refractivity contribution in [3.8, 4) is 5.75 Å². The van der Waals surface area contributed by atoms with Crippen molar-refractivity contribution in [1.29, 1.82) is 0 Å². The van der Waals surface area contributed by atoms with Gasteiger partial charge in [-0.3, -0.25) is 4.90 Å². The summed E-state index contributed by atoms with van der Waals surface area (Å²) in [6, 6.07) is 29.5. The van der Waals surface area contributed by atoms with Crippen LogP contribution in [0.2, 0.25) is 0 Å². The zero-order valence-electron chi connectivity index (χ0n) is 18.7. The van der Waals surface area contributed by atoms with Gasteiger partial charge in [0.15, 0.2) is 0 Å². The normalized spacial score (nSPS) is 11.5. The van der Waals surface area contributed by atoms with Crippen LogP contribution in [-0.4, -0.2) is 49.0 Å². The van der Waals surface area contributed by atoms with Crippen molar-refractivity contribution in [2.75, 3.05) is 33.9 Å². The van der Waals surface area contributed by atoms with Crippen LogP contribution in [0.4, 0.5) is 0 Å². The van der Waals surface area contributed by atoms with Crippen LogP contribution in [0, 0.1) is 0 Å². The molecule has 3 rings (SSSR count). The number of ether oxygens (including phenoxy) is 1. The van der Waals surface area contributed by atoms with Gasteiger partial charge in [0, 0.05) is 20.2 Å². The quantitative estimate of drug-likeness (QED) is 0.478. The molecule has 0 aliphatic heterocycles. The predicted molar refractivity (Wildman–Crippen MR) is 127 cm³/mol. The van der Waals surface area contributed by atoms with Crippen molar-refractivity contribution in [2.24, 2.45) is 0 Å². The molecule has 0 fully saturated rings. The van der Waals surface area contributed by atoms with Gasteiger partial charge < -0.3 is 14.9 Å². The number of benzene rings is 3. The van der Waals surface area contributed by atoms with E-state index in [0.717, 1.165) is 38.8 Å². The van der Waals surface area contributed by atoms with Gasteiger partial charge in [-0.15, -0.1) is 0 Å². The Kier molecular flexibility index (Phi) is 11.4. The largest absolute Gasteiger partial charge is 0.496 e. The summed E-state index contributed by atoms with van der Waals surface area (Å²) in [6.45, 7) is 2.65. The molecule has 3 aromatic carbocycles. The first kappa shape index (κ1) is 24.6. The lowest BCUT2D eigenvalue weighted by Crippen LogP contribution is -2.29. The van der Waals surface area contributed by atoms with Crippen molar-refractivity contribution >= 4 is 0 Å². The third-order valence-electron chi connectivity index (χ3n) is 5.39. The van der Waals surface area contributed by atoms with Gasteiger partial charge in [-0.2, -0.15) is 0 Å². The lowest BCUT2D eigenvalue weighted by Gasteiger charge is -2.25. The molecule has 0 saturated heterocycles. The van der Waals surface area contributed by atoms with E-state index in [1.54, 1.807) is 7.11 Å². The van der Waals surface area contributed by atoms with Crippen molar-refractivity contribution in [3.63, 3.8) is 0 Å². The average Bonchev–Trinajstić information content (AvgIpc) is 2.84. The number of aliphatic hydroxyl groups excluding tert-OH is 2. The molecule has 0 aliphatic carbocycles. The van der Waals surface area contributed by atoms with E-state index in [1.165, 1.54) is 16.7 Å². The van der Waals surface area contributed by atoms with Gasteiger partial charge in [-0.05, 0) is 48.1 Å². The summed E-state index contributed by atoms with van der Waals surface area (Å²) >= 11 is 0. The fourth-order valence-corrected chi connectivity index (χ4v) is 3.84. The van der Waals surface area contributed by atoms with Crippen LogP contribution >= 0.6 is 0 Å². The monoisotopic (exact) mass is 421 g/mol. The van der Waals surface area contributed by atoms with E-state index in [2.05, 4.69) is 71.6 Å². The third kappa shape index (κ3) is 8.18. The molecule has 31 heavy (non-hydrogen) atoms. The molecule has 0 saturated carbocycles. The van der Waals surface area contributed by atoms with Crippen molar-refractivity contribution in [3.05, 3.63) is 102 Å². The zero-order valence-corrected chi connectivity index (χ0v) is 18.7. The first-order valence-corrected chi connectivity index (χ1v) is 10.8. The van der Waals surface area contributed by atoms with Gasteiger partial charge in [0.1, 0.15) is 5.75 Å². The fourth-order valence-electron chi connectivity index (χ4n) is 3.84. The SMILES string of the molecule is CO.COc1ccccc1C[C@H](CCN(CCO)Cc1ccccc1)c1ccccc1. The van der Waals surface area contributed by atoms with Gasteiger partial charge in [0.2, 0.25) is 0 Å². The number of rotatable bonds is 11. The minimum absolute atomic E-state index is 0.176. The predicted octanol–water partition coefficient (Wildman–Crippen LogP) is 4.51. The van der Waals surface area contributed by atoms with Gasteiger partial charge in [0.05, 0.1) is 13.7 Å². The molecule has 0 spiro atoms. The molecule has 166 valence electrons. The Morgan fingerprint density at radius 1 is 0.806 bits per heavy atom. The highest BCUT2D eigenvalue weighted by atomic mass is 16.5. The second-order valence-electron chi connectivity index (χ2n) is 7.40.